The zero-order chi connectivity index (χ0) is 20.3. The van der Waals surface area contributed by atoms with Gasteiger partial charge in [0.1, 0.15) is 5.76 Å². The highest BCUT2D eigenvalue weighted by Crippen LogP contribution is 2.33. The van der Waals surface area contributed by atoms with Crippen LogP contribution in [0.1, 0.15) is 37.6 Å². The van der Waals surface area contributed by atoms with Gasteiger partial charge < -0.3 is 14.3 Å². The Hall–Kier alpha value is -2.42. The third-order valence-corrected chi connectivity index (χ3v) is 5.14. The van der Waals surface area contributed by atoms with E-state index < -0.39 is 11.7 Å². The maximum atomic E-state index is 13.0. The Morgan fingerprint density at radius 1 is 1.36 bits per heavy atom. The molecule has 0 aliphatic heterocycles. The Labute approximate surface area is 164 Å². The van der Waals surface area contributed by atoms with Gasteiger partial charge in [-0.25, -0.2) is 4.98 Å². The number of thioether (sulfide) groups is 1. The van der Waals surface area contributed by atoms with E-state index in [-0.39, 0.29) is 17.7 Å². The summed E-state index contributed by atoms with van der Waals surface area (Å²) in [5.74, 6) is 0.542. The molecule has 0 spiro atoms. The number of amides is 1. The Bertz CT molecular complexity index is 951. The Morgan fingerprint density at radius 2 is 2.14 bits per heavy atom. The van der Waals surface area contributed by atoms with Crippen LogP contribution in [0, 0.1) is 0 Å². The number of rotatable bonds is 7. The number of carbonyl (C=O) groups is 1. The lowest BCUT2D eigenvalue weighted by molar-refractivity contribution is -0.137. The van der Waals surface area contributed by atoms with Gasteiger partial charge in [-0.1, -0.05) is 18.7 Å². The van der Waals surface area contributed by atoms with Gasteiger partial charge in [0.15, 0.2) is 5.16 Å². The second-order valence-electron chi connectivity index (χ2n) is 6.34. The fourth-order valence-electron chi connectivity index (χ4n) is 2.85. The summed E-state index contributed by atoms with van der Waals surface area (Å²) in [5, 5.41) is 3.35. The number of carbonyl (C=O) groups excluding carboxylic acids is 1. The van der Waals surface area contributed by atoms with Crippen LogP contribution < -0.4 is 5.32 Å². The van der Waals surface area contributed by atoms with Crippen LogP contribution in [0.2, 0.25) is 0 Å². The second kappa shape index (κ2) is 8.30. The van der Waals surface area contributed by atoms with Gasteiger partial charge in [0.25, 0.3) is 0 Å². The molecule has 3 aromatic rings. The predicted octanol–water partition coefficient (Wildman–Crippen LogP) is 5.03. The van der Waals surface area contributed by atoms with Crippen LogP contribution in [-0.2, 0) is 17.5 Å². The molecule has 150 valence electrons. The van der Waals surface area contributed by atoms with Crippen LogP contribution in [0.5, 0.6) is 0 Å². The molecular weight excluding hydrogens is 391 g/mol. The summed E-state index contributed by atoms with van der Waals surface area (Å²) in [6.45, 7) is 4.27. The van der Waals surface area contributed by atoms with Crippen LogP contribution in [0.4, 0.5) is 13.2 Å². The highest BCUT2D eigenvalue weighted by Gasteiger charge is 2.31. The molecule has 0 aliphatic rings. The lowest BCUT2D eigenvalue weighted by Gasteiger charge is -2.12. The molecule has 0 saturated heterocycles. The maximum Gasteiger partial charge on any atom is 0.416 e. The van der Waals surface area contributed by atoms with Crippen LogP contribution in [0.15, 0.2) is 46.2 Å². The lowest BCUT2D eigenvalue weighted by atomic mass is 10.2. The van der Waals surface area contributed by atoms with Gasteiger partial charge in [-0.15, -0.1) is 0 Å². The normalized spacial score (nSPS) is 13.0. The number of nitrogens with zero attached hydrogens (tertiary/aromatic N) is 2. The molecule has 28 heavy (non-hydrogen) atoms. The number of benzene rings is 1. The van der Waals surface area contributed by atoms with Crippen molar-refractivity contribution in [3.8, 4) is 0 Å². The molecule has 0 unspecified atom stereocenters. The van der Waals surface area contributed by atoms with E-state index in [1.807, 2.05) is 13.8 Å². The largest absolute Gasteiger partial charge is 0.467 e. The third kappa shape index (κ3) is 4.52. The highest BCUT2D eigenvalue weighted by molar-refractivity contribution is 7.99. The third-order valence-electron chi connectivity index (χ3n) is 4.17. The minimum atomic E-state index is -4.41. The average Bonchev–Trinajstić information content (AvgIpc) is 3.28. The molecular formula is C19H20F3N3O2S. The molecule has 0 radical (unpaired) electrons. The summed E-state index contributed by atoms with van der Waals surface area (Å²) >= 11 is 1.20. The van der Waals surface area contributed by atoms with Gasteiger partial charge in [-0.3, -0.25) is 4.79 Å². The highest BCUT2D eigenvalue weighted by atomic mass is 32.2. The van der Waals surface area contributed by atoms with E-state index in [1.165, 1.54) is 24.1 Å². The van der Waals surface area contributed by atoms with Crippen LogP contribution >= 0.6 is 11.8 Å². The van der Waals surface area contributed by atoms with Gasteiger partial charge in [-0.2, -0.15) is 13.2 Å². The minimum Gasteiger partial charge on any atom is -0.467 e. The van der Waals surface area contributed by atoms with Crippen molar-refractivity contribution < 1.29 is 22.4 Å². The van der Waals surface area contributed by atoms with Crippen LogP contribution in [0.25, 0.3) is 11.0 Å². The van der Waals surface area contributed by atoms with Crippen molar-refractivity contribution in [2.75, 3.05) is 5.75 Å². The summed E-state index contributed by atoms with van der Waals surface area (Å²) in [6, 6.07) is 6.75. The standard InChI is InChI=1S/C19H20F3N3O2S/c1-3-8-25-15-10-13(19(20,21)22)6-7-14(15)24-18(25)28-11-17(26)23-12(2)16-5-4-9-27-16/h4-7,9-10,12H,3,8,11H2,1-2H3,(H,23,26)/t12-/m1/s1. The molecule has 9 heteroatoms. The molecule has 0 bridgehead atoms. The van der Waals surface area contributed by atoms with Crippen LogP contribution in [0.3, 0.4) is 0 Å². The SMILES string of the molecule is CCCn1c(SCC(=O)N[C@H](C)c2ccco2)nc2ccc(C(F)(F)F)cc21. The number of nitrogens with one attached hydrogen (secondary N) is 1. The number of aromatic nitrogens is 2. The Balaban J connectivity index is 1.76. The Morgan fingerprint density at radius 3 is 2.79 bits per heavy atom. The molecule has 3 rings (SSSR count). The van der Waals surface area contributed by atoms with Gasteiger partial charge in [0, 0.05) is 6.54 Å². The van der Waals surface area contributed by atoms with Gasteiger partial charge in [0.2, 0.25) is 5.91 Å². The van der Waals surface area contributed by atoms with E-state index in [0.29, 0.717) is 28.5 Å². The molecule has 0 saturated carbocycles. The number of imidazole rings is 1. The molecule has 1 N–H and O–H groups in total. The second-order valence-corrected chi connectivity index (χ2v) is 7.28. The molecule has 0 fully saturated rings. The van der Waals surface area contributed by atoms with Crippen molar-refractivity contribution in [1.29, 1.82) is 0 Å². The summed E-state index contributed by atoms with van der Waals surface area (Å²) < 4.78 is 46.1. The molecule has 2 heterocycles. The molecule has 5 nitrogen and oxygen atoms in total. The number of hydrogen-bond donors (Lipinski definition) is 1. The van der Waals surface area contributed by atoms with Crippen molar-refractivity contribution in [3.63, 3.8) is 0 Å². The van der Waals surface area contributed by atoms with Crippen molar-refractivity contribution >= 4 is 28.7 Å². The molecule has 1 aromatic carbocycles. The van der Waals surface area contributed by atoms with Crippen molar-refractivity contribution in [1.82, 2.24) is 14.9 Å². The number of aryl methyl sites for hydroxylation is 1. The number of alkyl halides is 3. The first-order valence-electron chi connectivity index (χ1n) is 8.82. The predicted molar refractivity (Wildman–Crippen MR) is 101 cm³/mol. The van der Waals surface area contributed by atoms with Crippen molar-refractivity contribution in [3.05, 3.63) is 47.9 Å². The molecule has 0 aliphatic carbocycles. The van der Waals surface area contributed by atoms with E-state index in [2.05, 4.69) is 10.3 Å². The average molecular weight is 411 g/mol. The molecule has 1 amide bonds. The summed E-state index contributed by atoms with van der Waals surface area (Å²) in [7, 11) is 0. The maximum absolute atomic E-state index is 13.0. The first-order chi connectivity index (χ1) is 13.3. The first kappa shape index (κ1) is 20.3. The molecule has 1 atom stereocenters. The zero-order valence-corrected chi connectivity index (χ0v) is 16.2. The number of furan rings is 1. The number of hydrogen-bond acceptors (Lipinski definition) is 4. The van der Waals surface area contributed by atoms with Crippen LogP contribution in [-0.4, -0.2) is 21.2 Å². The van der Waals surface area contributed by atoms with Gasteiger partial charge >= 0.3 is 6.18 Å². The monoisotopic (exact) mass is 411 g/mol. The summed E-state index contributed by atoms with van der Waals surface area (Å²) in [4.78, 5) is 16.6. The number of halogens is 3. The van der Waals surface area contributed by atoms with Crippen molar-refractivity contribution in [2.45, 2.75) is 44.2 Å². The van der Waals surface area contributed by atoms with E-state index in [1.54, 1.807) is 16.7 Å². The van der Waals surface area contributed by atoms with E-state index in [0.717, 1.165) is 18.6 Å². The number of fused-ring (bicyclic) bond motifs is 1. The van der Waals surface area contributed by atoms with Crippen molar-refractivity contribution in [2.24, 2.45) is 0 Å². The quantitative estimate of drug-likeness (QED) is 0.554. The van der Waals surface area contributed by atoms with E-state index in [9.17, 15) is 18.0 Å². The molecule has 2 aromatic heterocycles. The fourth-order valence-corrected chi connectivity index (χ4v) is 3.70. The lowest BCUT2D eigenvalue weighted by Crippen LogP contribution is -2.28. The fraction of sp³-hybridized carbons (Fsp3) is 0.368. The Kier molecular flexibility index (Phi) is 6.02. The zero-order valence-electron chi connectivity index (χ0n) is 15.4. The van der Waals surface area contributed by atoms with E-state index >= 15 is 0 Å². The van der Waals surface area contributed by atoms with Gasteiger partial charge in [-0.05, 0) is 43.7 Å². The topological polar surface area (TPSA) is 60.1 Å². The van der Waals surface area contributed by atoms with E-state index in [4.69, 9.17) is 4.42 Å². The smallest absolute Gasteiger partial charge is 0.416 e. The summed E-state index contributed by atoms with van der Waals surface area (Å²) in [6.07, 6.45) is -2.14. The first-order valence-corrected chi connectivity index (χ1v) is 9.81. The minimum absolute atomic E-state index is 0.101. The van der Waals surface area contributed by atoms with Gasteiger partial charge in [0.05, 0.1) is 34.7 Å². The summed E-state index contributed by atoms with van der Waals surface area (Å²) in [5.41, 5.74) is 0.190.